The number of imidazole rings is 1. The second-order valence-corrected chi connectivity index (χ2v) is 10.2. The van der Waals surface area contributed by atoms with Crippen molar-refractivity contribution in [1.82, 2.24) is 14.4 Å². The summed E-state index contributed by atoms with van der Waals surface area (Å²) in [7, 11) is 0. The maximum absolute atomic E-state index is 5.63. The van der Waals surface area contributed by atoms with E-state index in [0.717, 1.165) is 24.7 Å². The van der Waals surface area contributed by atoms with Crippen LogP contribution in [0, 0.1) is 0 Å². The fourth-order valence-electron chi connectivity index (χ4n) is 2.44. The van der Waals surface area contributed by atoms with Crippen molar-refractivity contribution in [3.63, 3.8) is 0 Å². The fourth-order valence-corrected chi connectivity index (χ4v) is 6.13. The molecule has 0 spiro atoms. The summed E-state index contributed by atoms with van der Waals surface area (Å²) in [5, 5.41) is 0. The van der Waals surface area contributed by atoms with Crippen LogP contribution in [0.3, 0.4) is 0 Å². The molecule has 122 valence electrons. The first kappa shape index (κ1) is 16.5. The van der Waals surface area contributed by atoms with Crippen LogP contribution in [-0.4, -0.2) is 32.4 Å². The fraction of sp³-hybridized carbons (Fsp3) is 0. The zero-order chi connectivity index (χ0) is 17.1. The van der Waals surface area contributed by atoms with Gasteiger partial charge < -0.3 is 0 Å². The Bertz CT molecular complexity index is 1020. The molecule has 4 aromatic rings. The average molecular weight is 426 g/mol. The summed E-state index contributed by atoms with van der Waals surface area (Å²) >= 11 is 7.27. The van der Waals surface area contributed by atoms with Gasteiger partial charge in [-0.2, -0.15) is 0 Å². The van der Waals surface area contributed by atoms with Crippen molar-refractivity contribution >= 4 is 52.1 Å². The summed E-state index contributed by atoms with van der Waals surface area (Å²) in [6.07, 6.45) is 3.82. The van der Waals surface area contributed by atoms with Gasteiger partial charge in [0, 0.05) is 0 Å². The van der Waals surface area contributed by atoms with E-state index in [1.54, 1.807) is 18.0 Å². The third kappa shape index (κ3) is 3.67. The van der Waals surface area contributed by atoms with Gasteiger partial charge in [-0.25, -0.2) is 0 Å². The van der Waals surface area contributed by atoms with Gasteiger partial charge in [0.15, 0.2) is 0 Å². The van der Waals surface area contributed by atoms with Crippen molar-refractivity contribution in [2.24, 2.45) is 0 Å². The van der Waals surface area contributed by atoms with Crippen LogP contribution in [0.25, 0.3) is 17.0 Å². The molecule has 0 fully saturated rings. The standard InChI is InChI=1S/C19H13N3S2Se/c23-19(24-14-8-2-1-3-9-14)25-18-16-11-5-7-13-22(16)17(21-18)15-10-4-6-12-20-15/h1-13H. The summed E-state index contributed by atoms with van der Waals surface area (Å²) < 4.78 is 4.10. The Morgan fingerprint density at radius 2 is 1.76 bits per heavy atom. The number of hydrogen-bond donors (Lipinski definition) is 0. The first-order valence-electron chi connectivity index (χ1n) is 7.64. The molecule has 0 aliphatic carbocycles. The van der Waals surface area contributed by atoms with Crippen molar-refractivity contribution in [1.29, 1.82) is 0 Å². The van der Waals surface area contributed by atoms with Gasteiger partial charge in [0.05, 0.1) is 0 Å². The van der Waals surface area contributed by atoms with E-state index in [4.69, 9.17) is 17.2 Å². The summed E-state index contributed by atoms with van der Waals surface area (Å²) in [5.74, 6) is 0.862. The molecule has 6 heteroatoms. The van der Waals surface area contributed by atoms with Crippen LogP contribution >= 0.6 is 24.0 Å². The van der Waals surface area contributed by atoms with Crippen molar-refractivity contribution < 1.29 is 0 Å². The van der Waals surface area contributed by atoms with E-state index in [-0.39, 0.29) is 15.0 Å². The quantitative estimate of drug-likeness (QED) is 0.282. The second-order valence-electron chi connectivity index (χ2n) is 5.18. The Labute approximate surface area is 161 Å². The van der Waals surface area contributed by atoms with Gasteiger partial charge in [-0.05, 0) is 0 Å². The molecule has 0 radical (unpaired) electrons. The molecule has 0 saturated carbocycles. The molecule has 0 atom stereocenters. The number of aromatic nitrogens is 3. The number of hydrogen-bond acceptors (Lipinski definition) is 4. The van der Waals surface area contributed by atoms with Crippen LogP contribution in [0.2, 0.25) is 0 Å². The van der Waals surface area contributed by atoms with E-state index in [0.29, 0.717) is 0 Å². The molecule has 0 unspecified atom stereocenters. The van der Waals surface area contributed by atoms with Crippen LogP contribution in [0.15, 0.2) is 84.0 Å². The molecular weight excluding hydrogens is 413 g/mol. The zero-order valence-corrected chi connectivity index (χ0v) is 16.4. The monoisotopic (exact) mass is 427 g/mol. The van der Waals surface area contributed by atoms with E-state index in [9.17, 15) is 0 Å². The topological polar surface area (TPSA) is 30.2 Å². The molecule has 25 heavy (non-hydrogen) atoms. The van der Waals surface area contributed by atoms with Gasteiger partial charge in [-0.1, -0.05) is 0 Å². The molecule has 0 saturated heterocycles. The zero-order valence-electron chi connectivity index (χ0n) is 13.1. The normalized spacial score (nSPS) is 10.9. The van der Waals surface area contributed by atoms with E-state index < -0.39 is 0 Å². The van der Waals surface area contributed by atoms with E-state index in [2.05, 4.69) is 27.6 Å². The Kier molecular flexibility index (Phi) is 4.94. The van der Waals surface area contributed by atoms with Gasteiger partial charge in [-0.3, -0.25) is 0 Å². The summed E-state index contributed by atoms with van der Waals surface area (Å²) in [6, 6.07) is 22.2. The molecule has 0 bridgehead atoms. The average Bonchev–Trinajstić information content (AvgIpc) is 3.02. The number of nitrogens with zero attached hydrogens (tertiary/aromatic N) is 3. The van der Waals surface area contributed by atoms with Crippen LogP contribution in [-0.2, 0) is 0 Å². The predicted molar refractivity (Wildman–Crippen MR) is 109 cm³/mol. The van der Waals surface area contributed by atoms with Gasteiger partial charge >= 0.3 is 162 Å². The molecule has 0 aliphatic heterocycles. The Balaban J connectivity index is 1.67. The molecule has 0 amide bonds. The van der Waals surface area contributed by atoms with Crippen LogP contribution in [0.5, 0.6) is 0 Å². The van der Waals surface area contributed by atoms with Crippen molar-refractivity contribution in [3.05, 3.63) is 79.1 Å². The van der Waals surface area contributed by atoms with Crippen LogP contribution in [0.1, 0.15) is 0 Å². The molecule has 0 aliphatic rings. The van der Waals surface area contributed by atoms with E-state index >= 15 is 0 Å². The van der Waals surface area contributed by atoms with E-state index in [1.165, 1.54) is 4.90 Å². The number of pyridine rings is 2. The van der Waals surface area contributed by atoms with Crippen molar-refractivity contribution in [2.75, 3.05) is 0 Å². The van der Waals surface area contributed by atoms with E-state index in [1.807, 2.05) is 54.7 Å². The van der Waals surface area contributed by atoms with Crippen molar-refractivity contribution in [3.8, 4) is 11.5 Å². The third-order valence-corrected chi connectivity index (χ3v) is 7.23. The first-order valence-corrected chi connectivity index (χ1v) is 10.6. The number of fused-ring (bicyclic) bond motifs is 1. The van der Waals surface area contributed by atoms with Gasteiger partial charge in [0.1, 0.15) is 0 Å². The van der Waals surface area contributed by atoms with Gasteiger partial charge in [0.25, 0.3) is 0 Å². The molecule has 3 heterocycles. The Hall–Kier alpha value is -1.98. The molecular formula is C19H13N3S2Se. The Morgan fingerprint density at radius 1 is 0.960 bits per heavy atom. The molecule has 0 N–H and O–H groups in total. The van der Waals surface area contributed by atoms with Crippen molar-refractivity contribution in [2.45, 2.75) is 4.90 Å². The predicted octanol–water partition coefficient (Wildman–Crippen LogP) is 3.80. The number of thioether (sulfide) groups is 1. The molecule has 4 rings (SSSR count). The SMILES string of the molecule is S=C(Sc1ccccc1)[Se]c1nc(-c2ccccn2)n2ccccc12. The number of benzene rings is 1. The van der Waals surface area contributed by atoms with Crippen LogP contribution < -0.4 is 4.59 Å². The molecule has 3 nitrogen and oxygen atoms in total. The van der Waals surface area contributed by atoms with Gasteiger partial charge in [0.2, 0.25) is 0 Å². The first-order chi connectivity index (χ1) is 12.3. The second kappa shape index (κ2) is 7.50. The van der Waals surface area contributed by atoms with Crippen LogP contribution in [0.4, 0.5) is 0 Å². The third-order valence-electron chi connectivity index (χ3n) is 3.53. The summed E-state index contributed by atoms with van der Waals surface area (Å²) in [4.78, 5) is 10.5. The number of rotatable bonds is 4. The maximum atomic E-state index is 5.63. The molecule has 3 aromatic heterocycles. The number of thiocarbonyl (C=S) groups is 1. The molecule has 1 aromatic carbocycles. The Morgan fingerprint density at radius 3 is 2.56 bits per heavy atom. The summed E-state index contributed by atoms with van der Waals surface area (Å²) in [6.45, 7) is 0. The minimum absolute atomic E-state index is 0.00449. The van der Waals surface area contributed by atoms with Gasteiger partial charge in [-0.15, -0.1) is 0 Å². The minimum atomic E-state index is -0.00449. The summed E-state index contributed by atoms with van der Waals surface area (Å²) in [5.41, 5.74) is 1.96.